The number of rotatable bonds is 5. The van der Waals surface area contributed by atoms with Gasteiger partial charge in [0.25, 0.3) is 17.9 Å². The summed E-state index contributed by atoms with van der Waals surface area (Å²) in [4.78, 5) is 20.1. The minimum atomic E-state index is -0.832. The molecule has 0 spiro atoms. The number of amides is 1. The minimum Gasteiger partial charge on any atom is -0.466 e. The van der Waals surface area contributed by atoms with Crippen molar-refractivity contribution in [1.82, 2.24) is 9.97 Å². The number of hydrogen-bond donors (Lipinski definition) is 3. The summed E-state index contributed by atoms with van der Waals surface area (Å²) >= 11 is 11.8. The maximum absolute atomic E-state index is 14.4. The lowest BCUT2D eigenvalue weighted by Gasteiger charge is -2.28. The van der Waals surface area contributed by atoms with Crippen molar-refractivity contribution < 1.29 is 18.7 Å². The smallest absolute Gasteiger partial charge is 0.278 e. The predicted molar refractivity (Wildman–Crippen MR) is 117 cm³/mol. The van der Waals surface area contributed by atoms with Gasteiger partial charge < -0.3 is 20.5 Å². The first-order valence-electron chi connectivity index (χ1n) is 9.39. The van der Waals surface area contributed by atoms with Crippen LogP contribution in [-0.4, -0.2) is 28.5 Å². The van der Waals surface area contributed by atoms with Gasteiger partial charge in [0, 0.05) is 28.9 Å². The molecular formula is C21H16Cl2FN5O3. The van der Waals surface area contributed by atoms with E-state index in [0.29, 0.717) is 34.0 Å². The van der Waals surface area contributed by atoms with Crippen molar-refractivity contribution in [3.05, 3.63) is 75.5 Å². The van der Waals surface area contributed by atoms with Gasteiger partial charge in [-0.3, -0.25) is 10.2 Å². The number of nitrogens with two attached hydrogens (primary N) is 1. The highest BCUT2D eigenvalue weighted by molar-refractivity contribution is 6.30. The Labute approximate surface area is 192 Å². The summed E-state index contributed by atoms with van der Waals surface area (Å²) in [5, 5.41) is 10.4. The average Bonchev–Trinajstić information content (AvgIpc) is 2.74. The van der Waals surface area contributed by atoms with Gasteiger partial charge in [0.1, 0.15) is 16.6 Å². The number of nitrogens with one attached hydrogen (secondary N) is 2. The number of fused-ring (bicyclic) bond motifs is 2. The minimum absolute atomic E-state index is 0.0240. The van der Waals surface area contributed by atoms with Gasteiger partial charge in [0.15, 0.2) is 5.75 Å². The molecule has 4 rings (SSSR count). The molecule has 32 heavy (non-hydrogen) atoms. The first-order chi connectivity index (χ1) is 15.3. The number of nitrogens with zero attached hydrogens (tertiary/aromatic N) is 2. The molecule has 164 valence electrons. The van der Waals surface area contributed by atoms with Crippen LogP contribution in [0.3, 0.4) is 0 Å². The number of amidine groups is 1. The van der Waals surface area contributed by atoms with Crippen LogP contribution in [0.4, 0.5) is 10.1 Å². The predicted octanol–water partition coefficient (Wildman–Crippen LogP) is 4.71. The van der Waals surface area contributed by atoms with Gasteiger partial charge >= 0.3 is 0 Å². The number of carbonyl (C=O) groups is 1. The van der Waals surface area contributed by atoms with Gasteiger partial charge in [0.05, 0.1) is 11.6 Å². The zero-order valence-electron chi connectivity index (χ0n) is 16.4. The zero-order chi connectivity index (χ0) is 22.8. The molecule has 0 saturated heterocycles. The lowest BCUT2D eigenvalue weighted by atomic mass is 9.86. The number of benzene rings is 1. The van der Waals surface area contributed by atoms with Crippen LogP contribution in [-0.2, 0) is 4.74 Å². The Morgan fingerprint density at radius 3 is 2.78 bits per heavy atom. The molecule has 0 radical (unpaired) electrons. The molecule has 3 aromatic rings. The fourth-order valence-corrected chi connectivity index (χ4v) is 3.73. The molecule has 3 heterocycles. The summed E-state index contributed by atoms with van der Waals surface area (Å²) in [5.41, 5.74) is 7.10. The maximum atomic E-state index is 14.4. The number of carbonyl (C=O) groups excluding carboxylic acids is 1. The van der Waals surface area contributed by atoms with Crippen LogP contribution in [0.2, 0.25) is 10.2 Å². The third kappa shape index (κ3) is 4.58. The van der Waals surface area contributed by atoms with E-state index >= 15 is 0 Å². The van der Waals surface area contributed by atoms with Crippen LogP contribution in [0, 0.1) is 11.4 Å². The molecule has 0 aliphatic carbocycles. The van der Waals surface area contributed by atoms with E-state index in [0.717, 1.165) is 0 Å². The normalized spacial score (nSPS) is 14.0. The van der Waals surface area contributed by atoms with Crippen molar-refractivity contribution in [3.63, 3.8) is 0 Å². The van der Waals surface area contributed by atoms with Crippen LogP contribution in [0.25, 0.3) is 0 Å². The third-order valence-corrected chi connectivity index (χ3v) is 5.20. The standard InChI is InChI=1S/C21H16Cl2FN5O3/c22-10-1-3-15(27-9-10)20(30)28-11-2-4-16-13(7-11)12(5-6-31-21(25)26)14-8-17(23)29-19(24)18(14)32-16/h1-4,7-9,12H,5-6H2,(H3,25,26)(H,28,30)/t12-/m1/s1. The third-order valence-electron chi connectivity index (χ3n) is 4.78. The van der Waals surface area contributed by atoms with Crippen LogP contribution in [0.5, 0.6) is 11.5 Å². The molecular weight excluding hydrogens is 460 g/mol. The summed E-state index contributed by atoms with van der Waals surface area (Å²) in [7, 11) is 0. The molecule has 0 unspecified atom stereocenters. The SMILES string of the molecule is N=C(N)OCC[C@@H]1c2cc(NC(=O)c3ccc(Cl)cn3)ccc2Oc2c1cc(Cl)nc2F. The summed E-state index contributed by atoms with van der Waals surface area (Å²) in [6.45, 7) is 0.103. The number of pyridine rings is 2. The van der Waals surface area contributed by atoms with Crippen molar-refractivity contribution in [3.8, 4) is 11.5 Å². The first-order valence-corrected chi connectivity index (χ1v) is 10.1. The Morgan fingerprint density at radius 1 is 1.25 bits per heavy atom. The topological polar surface area (TPSA) is 123 Å². The maximum Gasteiger partial charge on any atom is 0.278 e. The van der Waals surface area contributed by atoms with E-state index in [1.54, 1.807) is 24.3 Å². The van der Waals surface area contributed by atoms with Crippen molar-refractivity contribution in [2.24, 2.45) is 5.73 Å². The molecule has 1 amide bonds. The number of aromatic nitrogens is 2. The fourth-order valence-electron chi connectivity index (χ4n) is 3.42. The van der Waals surface area contributed by atoms with Gasteiger partial charge in [-0.05, 0) is 42.8 Å². The average molecular weight is 476 g/mol. The molecule has 1 aliphatic rings. The van der Waals surface area contributed by atoms with Gasteiger partial charge in [-0.2, -0.15) is 4.39 Å². The fraction of sp³-hybridized carbons (Fsp3) is 0.143. The lowest BCUT2D eigenvalue weighted by molar-refractivity contribution is 0.102. The van der Waals surface area contributed by atoms with Gasteiger partial charge in [-0.15, -0.1) is 0 Å². The molecule has 0 fully saturated rings. The molecule has 1 aliphatic heterocycles. The molecule has 11 heteroatoms. The number of halogens is 3. The van der Waals surface area contributed by atoms with Gasteiger partial charge in [-0.1, -0.05) is 23.2 Å². The molecule has 1 atom stereocenters. The second-order valence-corrected chi connectivity index (χ2v) is 7.70. The van der Waals surface area contributed by atoms with Crippen LogP contribution >= 0.6 is 23.2 Å². The van der Waals surface area contributed by atoms with E-state index < -0.39 is 23.8 Å². The summed E-state index contributed by atoms with van der Waals surface area (Å²) < 4.78 is 25.3. The van der Waals surface area contributed by atoms with E-state index in [1.165, 1.54) is 18.3 Å². The van der Waals surface area contributed by atoms with Gasteiger partial charge in [0.2, 0.25) is 0 Å². The van der Waals surface area contributed by atoms with E-state index in [2.05, 4.69) is 15.3 Å². The number of ether oxygens (including phenoxy) is 2. The summed E-state index contributed by atoms with van der Waals surface area (Å²) in [5.74, 6) is -1.29. The summed E-state index contributed by atoms with van der Waals surface area (Å²) in [6, 6.07) is 9.14. The van der Waals surface area contributed by atoms with Gasteiger partial charge in [-0.25, -0.2) is 9.97 Å². The molecule has 0 saturated carbocycles. The Balaban J connectivity index is 1.67. The first kappa shape index (κ1) is 21.8. The van der Waals surface area contributed by atoms with Crippen LogP contribution in [0.15, 0.2) is 42.6 Å². The zero-order valence-corrected chi connectivity index (χ0v) is 17.9. The van der Waals surface area contributed by atoms with Crippen molar-refractivity contribution in [2.45, 2.75) is 12.3 Å². The highest BCUT2D eigenvalue weighted by Crippen LogP contribution is 2.47. The Hall–Kier alpha value is -3.43. The van der Waals surface area contributed by atoms with Crippen molar-refractivity contribution >= 4 is 40.8 Å². The van der Waals surface area contributed by atoms with Crippen LogP contribution < -0.4 is 15.8 Å². The Morgan fingerprint density at radius 2 is 2.06 bits per heavy atom. The second-order valence-electron chi connectivity index (χ2n) is 6.88. The molecule has 4 N–H and O–H groups in total. The highest BCUT2D eigenvalue weighted by Gasteiger charge is 2.31. The lowest BCUT2D eigenvalue weighted by Crippen LogP contribution is -2.19. The Bertz CT molecular complexity index is 1210. The van der Waals surface area contributed by atoms with E-state index in [1.807, 2.05) is 0 Å². The number of anilines is 1. The van der Waals surface area contributed by atoms with E-state index in [-0.39, 0.29) is 23.2 Å². The molecule has 1 aromatic carbocycles. The van der Waals surface area contributed by atoms with E-state index in [9.17, 15) is 9.18 Å². The highest BCUT2D eigenvalue weighted by atomic mass is 35.5. The molecule has 2 aromatic heterocycles. The van der Waals surface area contributed by atoms with E-state index in [4.69, 9.17) is 43.8 Å². The van der Waals surface area contributed by atoms with Crippen LogP contribution in [0.1, 0.15) is 34.0 Å². The molecule has 0 bridgehead atoms. The largest absolute Gasteiger partial charge is 0.466 e. The summed E-state index contributed by atoms with van der Waals surface area (Å²) in [6.07, 6.45) is 1.73. The molecule has 8 nitrogen and oxygen atoms in total. The second kappa shape index (κ2) is 8.97. The van der Waals surface area contributed by atoms with Crippen molar-refractivity contribution in [1.29, 1.82) is 5.41 Å². The van der Waals surface area contributed by atoms with Crippen molar-refractivity contribution in [2.75, 3.05) is 11.9 Å². The number of hydrogen-bond acceptors (Lipinski definition) is 6. The monoisotopic (exact) mass is 475 g/mol. The quantitative estimate of drug-likeness (QED) is 0.278. The Kier molecular flexibility index (Phi) is 6.11.